The first-order chi connectivity index (χ1) is 15.0. The van der Waals surface area contributed by atoms with Crippen molar-refractivity contribution in [3.05, 3.63) is 82.8 Å². The van der Waals surface area contributed by atoms with Gasteiger partial charge in [-0.15, -0.1) is 0 Å². The molecule has 0 radical (unpaired) electrons. The first-order valence-electron chi connectivity index (χ1n) is 10.0. The lowest BCUT2D eigenvalue weighted by atomic mass is 9.99. The van der Waals surface area contributed by atoms with Gasteiger partial charge in [-0.05, 0) is 54.3 Å². The summed E-state index contributed by atoms with van der Waals surface area (Å²) in [7, 11) is 0. The van der Waals surface area contributed by atoms with Gasteiger partial charge in [-0.25, -0.2) is 14.1 Å². The van der Waals surface area contributed by atoms with Crippen molar-refractivity contribution in [3.63, 3.8) is 0 Å². The average molecular weight is 419 g/mol. The fourth-order valence-corrected chi connectivity index (χ4v) is 3.32. The third-order valence-electron chi connectivity index (χ3n) is 5.32. The van der Waals surface area contributed by atoms with Crippen LogP contribution in [0.4, 0.5) is 10.1 Å². The number of nitrogens with one attached hydrogen (secondary N) is 1. The van der Waals surface area contributed by atoms with Gasteiger partial charge in [0.15, 0.2) is 5.65 Å². The Balaban J connectivity index is 1.52. The monoisotopic (exact) mass is 419 g/mol. The zero-order valence-corrected chi connectivity index (χ0v) is 17.2. The number of rotatable bonds is 6. The van der Waals surface area contributed by atoms with E-state index in [1.165, 1.54) is 39.5 Å². The Kier molecular flexibility index (Phi) is 5.62. The molecule has 1 N–H and O–H groups in total. The molecule has 0 aliphatic rings. The van der Waals surface area contributed by atoms with E-state index >= 15 is 0 Å². The molecule has 0 unspecified atom stereocenters. The van der Waals surface area contributed by atoms with E-state index < -0.39 is 0 Å². The van der Waals surface area contributed by atoms with E-state index in [2.05, 4.69) is 29.2 Å². The molecule has 0 saturated heterocycles. The third-order valence-corrected chi connectivity index (χ3v) is 5.32. The molecule has 0 spiro atoms. The molecule has 1 atom stereocenters. The highest BCUT2D eigenvalue weighted by Gasteiger charge is 2.13. The second kappa shape index (κ2) is 8.51. The van der Waals surface area contributed by atoms with Crippen LogP contribution in [-0.4, -0.2) is 25.2 Å². The van der Waals surface area contributed by atoms with Crippen molar-refractivity contribution in [2.24, 2.45) is 0 Å². The summed E-state index contributed by atoms with van der Waals surface area (Å²) in [6.45, 7) is 4.12. The van der Waals surface area contributed by atoms with Crippen molar-refractivity contribution < 1.29 is 9.18 Å². The Bertz CT molecular complexity index is 1280. The van der Waals surface area contributed by atoms with Crippen LogP contribution in [0.25, 0.3) is 16.7 Å². The number of benzene rings is 2. The predicted octanol–water partition coefficient (Wildman–Crippen LogP) is 3.87. The highest BCUT2D eigenvalue weighted by Crippen LogP contribution is 2.20. The summed E-state index contributed by atoms with van der Waals surface area (Å²) in [6, 6.07) is 13.4. The van der Waals surface area contributed by atoms with Crippen LogP contribution >= 0.6 is 0 Å². The van der Waals surface area contributed by atoms with Crippen LogP contribution in [0.1, 0.15) is 31.7 Å². The van der Waals surface area contributed by atoms with Crippen LogP contribution in [-0.2, 0) is 11.3 Å². The number of nitrogens with zero attached hydrogens (tertiary/aromatic N) is 4. The molecule has 1 amide bonds. The number of carbonyl (C=O) groups excluding carboxylic acids is 1. The topological polar surface area (TPSA) is 81.8 Å². The quantitative estimate of drug-likeness (QED) is 0.514. The molecule has 2 aromatic carbocycles. The maximum atomic E-state index is 13.2. The molecule has 2 heterocycles. The van der Waals surface area contributed by atoms with Crippen molar-refractivity contribution in [2.75, 3.05) is 5.32 Å². The Morgan fingerprint density at radius 1 is 1.13 bits per heavy atom. The fourth-order valence-electron chi connectivity index (χ4n) is 3.32. The van der Waals surface area contributed by atoms with Crippen molar-refractivity contribution in [3.8, 4) is 5.69 Å². The number of fused-ring (bicyclic) bond motifs is 1. The second-order valence-corrected chi connectivity index (χ2v) is 7.43. The van der Waals surface area contributed by atoms with Gasteiger partial charge in [0.1, 0.15) is 24.1 Å². The van der Waals surface area contributed by atoms with Crippen molar-refractivity contribution in [2.45, 2.75) is 32.7 Å². The van der Waals surface area contributed by atoms with Gasteiger partial charge in [0.2, 0.25) is 5.91 Å². The zero-order chi connectivity index (χ0) is 22.0. The molecule has 0 aliphatic carbocycles. The van der Waals surface area contributed by atoms with Gasteiger partial charge in [-0.2, -0.15) is 5.10 Å². The van der Waals surface area contributed by atoms with Gasteiger partial charge in [0.25, 0.3) is 5.56 Å². The highest BCUT2D eigenvalue weighted by atomic mass is 19.1. The van der Waals surface area contributed by atoms with E-state index in [1.54, 1.807) is 12.1 Å². The maximum absolute atomic E-state index is 13.2. The fraction of sp³-hybridized carbons (Fsp3) is 0.217. The van der Waals surface area contributed by atoms with E-state index in [0.717, 1.165) is 6.42 Å². The molecule has 2 aromatic heterocycles. The number of hydrogen-bond donors (Lipinski definition) is 1. The molecule has 4 aromatic rings. The molecule has 31 heavy (non-hydrogen) atoms. The van der Waals surface area contributed by atoms with E-state index in [9.17, 15) is 14.0 Å². The lowest BCUT2D eigenvalue weighted by molar-refractivity contribution is -0.116. The van der Waals surface area contributed by atoms with Crippen LogP contribution in [0.5, 0.6) is 0 Å². The summed E-state index contributed by atoms with van der Waals surface area (Å²) in [6.07, 6.45) is 3.76. The summed E-state index contributed by atoms with van der Waals surface area (Å²) < 4.78 is 15.9. The minimum Gasteiger partial charge on any atom is -0.325 e. The second-order valence-electron chi connectivity index (χ2n) is 7.43. The normalized spacial score (nSPS) is 12.1. The summed E-state index contributed by atoms with van der Waals surface area (Å²) in [4.78, 5) is 29.5. The molecule has 7 nitrogen and oxygen atoms in total. The van der Waals surface area contributed by atoms with Crippen molar-refractivity contribution in [1.29, 1.82) is 0 Å². The van der Waals surface area contributed by atoms with Crippen LogP contribution in [0.15, 0.2) is 65.8 Å². The van der Waals surface area contributed by atoms with Crippen LogP contribution in [0.2, 0.25) is 0 Å². The van der Waals surface area contributed by atoms with E-state index in [1.807, 2.05) is 24.3 Å². The number of hydrogen-bond acceptors (Lipinski definition) is 4. The zero-order valence-electron chi connectivity index (χ0n) is 17.2. The number of aromatic nitrogens is 4. The Labute approximate surface area is 178 Å². The van der Waals surface area contributed by atoms with Crippen molar-refractivity contribution in [1.82, 2.24) is 19.3 Å². The maximum Gasteiger partial charge on any atom is 0.264 e. The summed E-state index contributed by atoms with van der Waals surface area (Å²) in [5.41, 5.74) is 2.43. The van der Waals surface area contributed by atoms with Crippen LogP contribution in [0, 0.1) is 5.82 Å². The smallest absolute Gasteiger partial charge is 0.264 e. The first kappa shape index (κ1) is 20.5. The Morgan fingerprint density at radius 2 is 1.84 bits per heavy atom. The van der Waals surface area contributed by atoms with E-state index in [4.69, 9.17) is 0 Å². The minimum absolute atomic E-state index is 0.170. The van der Waals surface area contributed by atoms with Gasteiger partial charge >= 0.3 is 0 Å². The van der Waals surface area contributed by atoms with Gasteiger partial charge in [-0.1, -0.05) is 26.0 Å². The molecular formula is C23H22FN5O2. The molecule has 4 rings (SSSR count). The Hall–Kier alpha value is -3.81. The molecule has 8 heteroatoms. The van der Waals surface area contributed by atoms with Crippen LogP contribution in [0.3, 0.4) is 0 Å². The molecular weight excluding hydrogens is 397 g/mol. The van der Waals surface area contributed by atoms with E-state index in [0.29, 0.717) is 22.9 Å². The third kappa shape index (κ3) is 4.23. The largest absolute Gasteiger partial charge is 0.325 e. The number of carbonyl (C=O) groups is 1. The predicted molar refractivity (Wildman–Crippen MR) is 117 cm³/mol. The Morgan fingerprint density at radius 3 is 2.52 bits per heavy atom. The molecule has 0 saturated carbocycles. The molecule has 0 fully saturated rings. The van der Waals surface area contributed by atoms with Gasteiger partial charge in [-0.3, -0.25) is 14.2 Å². The molecule has 158 valence electrons. The van der Waals surface area contributed by atoms with Crippen LogP contribution < -0.4 is 10.9 Å². The van der Waals surface area contributed by atoms with Gasteiger partial charge in [0, 0.05) is 5.69 Å². The van der Waals surface area contributed by atoms with Gasteiger partial charge < -0.3 is 5.32 Å². The molecule has 0 aliphatic heterocycles. The number of anilines is 1. The van der Waals surface area contributed by atoms with E-state index in [-0.39, 0.29) is 29.2 Å². The van der Waals surface area contributed by atoms with Gasteiger partial charge in [0.05, 0.1) is 11.9 Å². The average Bonchev–Trinajstić information content (AvgIpc) is 3.21. The SMILES string of the molecule is CC[C@H](C)c1ccc(NC(=O)Cn2cnc3c(cnn3-c3ccc(F)cc3)c2=O)cc1. The molecule has 0 bridgehead atoms. The summed E-state index contributed by atoms with van der Waals surface area (Å²) in [5.74, 6) is -0.238. The summed E-state index contributed by atoms with van der Waals surface area (Å²) in [5, 5.41) is 7.27. The summed E-state index contributed by atoms with van der Waals surface area (Å²) >= 11 is 0. The number of amides is 1. The lowest BCUT2D eigenvalue weighted by Crippen LogP contribution is -2.27. The standard InChI is InChI=1S/C23H22FN5O2/c1-3-15(2)16-4-8-18(9-5-16)27-21(30)13-28-14-25-22-20(23(28)31)12-26-29(22)19-10-6-17(24)7-11-19/h4-12,14-15H,3,13H2,1-2H3,(H,27,30)/t15-/m0/s1. The number of halogens is 1. The highest BCUT2D eigenvalue weighted by molar-refractivity contribution is 5.90. The lowest BCUT2D eigenvalue weighted by Gasteiger charge is -2.11. The van der Waals surface area contributed by atoms with Crippen molar-refractivity contribution >= 4 is 22.6 Å². The minimum atomic E-state index is -0.374. The first-order valence-corrected chi connectivity index (χ1v) is 10.0.